The lowest BCUT2D eigenvalue weighted by molar-refractivity contribution is -0.137. The van der Waals surface area contributed by atoms with Crippen molar-refractivity contribution in [1.29, 1.82) is 0 Å². The highest BCUT2D eigenvalue weighted by Gasteiger charge is 2.30. The van der Waals surface area contributed by atoms with E-state index < -0.39 is 11.7 Å². The van der Waals surface area contributed by atoms with Crippen molar-refractivity contribution in [2.24, 2.45) is 0 Å². The van der Waals surface area contributed by atoms with E-state index in [1.165, 1.54) is 6.07 Å². The third-order valence-corrected chi connectivity index (χ3v) is 4.42. The van der Waals surface area contributed by atoms with Crippen LogP contribution in [0, 0.1) is 0 Å². The van der Waals surface area contributed by atoms with Crippen molar-refractivity contribution >= 4 is 40.5 Å². The monoisotopic (exact) mass is 406 g/mol. The van der Waals surface area contributed by atoms with Gasteiger partial charge in [0.2, 0.25) is 0 Å². The summed E-state index contributed by atoms with van der Waals surface area (Å²) in [5.74, 6) is 0. The molecule has 0 spiro atoms. The topological polar surface area (TPSA) is 24.1 Å². The minimum atomic E-state index is -4.33. The van der Waals surface area contributed by atoms with Crippen LogP contribution in [0.4, 0.5) is 13.2 Å². The van der Waals surface area contributed by atoms with Crippen molar-refractivity contribution in [2.75, 3.05) is 6.54 Å². The zero-order valence-electron chi connectivity index (χ0n) is 13.0. The minimum Gasteiger partial charge on any atom is -0.362 e. The molecule has 0 unspecified atom stereocenters. The fraction of sp³-hybridized carbons (Fsp3) is 0.235. The fourth-order valence-electron chi connectivity index (χ4n) is 2.12. The van der Waals surface area contributed by atoms with Crippen LogP contribution in [0.3, 0.4) is 0 Å². The molecule has 2 N–H and O–H groups in total. The van der Waals surface area contributed by atoms with E-state index in [-0.39, 0.29) is 0 Å². The van der Waals surface area contributed by atoms with Gasteiger partial charge in [-0.3, -0.25) is 0 Å². The Balaban J connectivity index is 1.78. The van der Waals surface area contributed by atoms with Crippen molar-refractivity contribution < 1.29 is 13.2 Å². The van der Waals surface area contributed by atoms with Gasteiger partial charge in [0.1, 0.15) is 0 Å². The van der Waals surface area contributed by atoms with E-state index in [4.69, 9.17) is 35.4 Å². The highest BCUT2D eigenvalue weighted by Crippen LogP contribution is 2.29. The fourth-order valence-corrected chi connectivity index (χ4v) is 2.61. The van der Waals surface area contributed by atoms with E-state index in [1.54, 1.807) is 18.2 Å². The first kappa shape index (κ1) is 19.8. The summed E-state index contributed by atoms with van der Waals surface area (Å²) in [7, 11) is 0. The smallest absolute Gasteiger partial charge is 0.362 e. The Morgan fingerprint density at radius 2 is 1.72 bits per heavy atom. The van der Waals surface area contributed by atoms with Crippen molar-refractivity contribution in [3.8, 4) is 0 Å². The summed E-state index contributed by atoms with van der Waals surface area (Å²) >= 11 is 16.9. The van der Waals surface area contributed by atoms with Crippen LogP contribution < -0.4 is 10.6 Å². The van der Waals surface area contributed by atoms with Gasteiger partial charge in [0.25, 0.3) is 0 Å². The van der Waals surface area contributed by atoms with Crippen LogP contribution in [0.1, 0.15) is 16.7 Å². The summed E-state index contributed by atoms with van der Waals surface area (Å²) in [5, 5.41) is 7.33. The molecule has 8 heteroatoms. The van der Waals surface area contributed by atoms with Crippen LogP contribution in [0.5, 0.6) is 0 Å². The van der Waals surface area contributed by atoms with Gasteiger partial charge in [0, 0.05) is 13.1 Å². The highest BCUT2D eigenvalue weighted by atomic mass is 35.5. The quantitative estimate of drug-likeness (QED) is 0.665. The second-order valence-electron chi connectivity index (χ2n) is 5.31. The number of hydrogen-bond donors (Lipinski definition) is 2. The molecule has 25 heavy (non-hydrogen) atoms. The summed E-state index contributed by atoms with van der Waals surface area (Å²) in [4.78, 5) is 0. The molecule has 0 saturated carbocycles. The second kappa shape index (κ2) is 8.74. The molecule has 2 nitrogen and oxygen atoms in total. The van der Waals surface area contributed by atoms with Gasteiger partial charge < -0.3 is 10.6 Å². The van der Waals surface area contributed by atoms with E-state index in [1.807, 2.05) is 6.07 Å². The van der Waals surface area contributed by atoms with E-state index in [0.29, 0.717) is 40.2 Å². The molecule has 0 bridgehead atoms. The SMILES string of the molecule is FC(F)(F)c1cccc(CCNC(=S)NCc2ccc(Cl)c(Cl)c2)c1. The van der Waals surface area contributed by atoms with E-state index in [0.717, 1.165) is 17.7 Å². The van der Waals surface area contributed by atoms with Crippen LogP contribution in [0.25, 0.3) is 0 Å². The zero-order chi connectivity index (χ0) is 18.4. The largest absolute Gasteiger partial charge is 0.416 e. The molecule has 2 aromatic carbocycles. The number of halogens is 5. The Morgan fingerprint density at radius 1 is 0.960 bits per heavy atom. The first-order chi connectivity index (χ1) is 11.8. The molecular weight excluding hydrogens is 392 g/mol. The standard InChI is InChI=1S/C17H15Cl2F3N2S/c18-14-5-4-12(9-15(14)19)10-24-16(25)23-7-6-11-2-1-3-13(8-11)17(20,21)22/h1-5,8-9H,6-7,10H2,(H2,23,24,25). The number of thiocarbonyl (C=S) groups is 1. The first-order valence-electron chi connectivity index (χ1n) is 7.37. The molecule has 0 aliphatic rings. The summed E-state index contributed by atoms with van der Waals surface area (Å²) in [6, 6.07) is 10.5. The predicted molar refractivity (Wildman–Crippen MR) is 99.1 cm³/mol. The van der Waals surface area contributed by atoms with Crippen molar-refractivity contribution in [2.45, 2.75) is 19.1 Å². The molecule has 0 saturated heterocycles. The lowest BCUT2D eigenvalue weighted by Gasteiger charge is -2.12. The molecule has 0 amide bonds. The van der Waals surface area contributed by atoms with Gasteiger partial charge in [-0.1, -0.05) is 47.5 Å². The van der Waals surface area contributed by atoms with Crippen molar-refractivity contribution in [3.63, 3.8) is 0 Å². The van der Waals surface area contributed by atoms with Crippen LogP contribution in [0.15, 0.2) is 42.5 Å². The lowest BCUT2D eigenvalue weighted by Crippen LogP contribution is -2.35. The molecule has 0 atom stereocenters. The molecule has 0 aromatic heterocycles. The maximum absolute atomic E-state index is 12.7. The normalized spacial score (nSPS) is 11.2. The average molecular weight is 407 g/mol. The number of alkyl halides is 3. The summed E-state index contributed by atoms with van der Waals surface area (Å²) in [5.41, 5.74) is 0.858. The molecule has 0 fully saturated rings. The zero-order valence-corrected chi connectivity index (χ0v) is 15.3. The van der Waals surface area contributed by atoms with E-state index in [9.17, 15) is 13.2 Å². The summed E-state index contributed by atoms with van der Waals surface area (Å²) in [6.45, 7) is 0.890. The van der Waals surface area contributed by atoms with Crippen LogP contribution in [0.2, 0.25) is 10.0 Å². The molecular formula is C17H15Cl2F3N2S. The summed E-state index contributed by atoms with van der Waals surface area (Å²) < 4.78 is 38.0. The molecule has 2 aromatic rings. The Labute approximate surface area is 159 Å². The van der Waals surface area contributed by atoms with Gasteiger partial charge in [-0.2, -0.15) is 13.2 Å². The maximum Gasteiger partial charge on any atom is 0.416 e. The predicted octanol–water partition coefficient (Wildman–Crippen LogP) is 5.22. The van der Waals surface area contributed by atoms with Crippen LogP contribution in [-0.4, -0.2) is 11.7 Å². The van der Waals surface area contributed by atoms with Gasteiger partial charge in [0.15, 0.2) is 5.11 Å². The molecule has 2 rings (SSSR count). The molecule has 0 aliphatic carbocycles. The Kier molecular flexibility index (Phi) is 6.93. The van der Waals surface area contributed by atoms with Gasteiger partial charge in [0.05, 0.1) is 15.6 Å². The Hall–Kier alpha value is -1.50. The van der Waals surface area contributed by atoms with Gasteiger partial charge >= 0.3 is 6.18 Å². The molecule has 0 radical (unpaired) electrons. The van der Waals surface area contributed by atoms with E-state index >= 15 is 0 Å². The molecule has 0 aliphatic heterocycles. The summed E-state index contributed by atoms with van der Waals surface area (Å²) in [6.07, 6.45) is -3.90. The van der Waals surface area contributed by atoms with Gasteiger partial charge in [-0.15, -0.1) is 0 Å². The minimum absolute atomic E-state index is 0.415. The van der Waals surface area contributed by atoms with E-state index in [2.05, 4.69) is 10.6 Å². The molecule has 134 valence electrons. The number of hydrogen-bond acceptors (Lipinski definition) is 1. The van der Waals surface area contributed by atoms with Crippen molar-refractivity contribution in [1.82, 2.24) is 10.6 Å². The van der Waals surface area contributed by atoms with Crippen molar-refractivity contribution in [3.05, 3.63) is 69.2 Å². The third-order valence-electron chi connectivity index (χ3n) is 3.39. The Morgan fingerprint density at radius 3 is 2.40 bits per heavy atom. The molecule has 0 heterocycles. The number of rotatable bonds is 5. The second-order valence-corrected chi connectivity index (χ2v) is 6.53. The first-order valence-corrected chi connectivity index (χ1v) is 8.54. The van der Waals surface area contributed by atoms with Crippen LogP contribution in [-0.2, 0) is 19.1 Å². The lowest BCUT2D eigenvalue weighted by atomic mass is 10.1. The van der Waals surface area contributed by atoms with Gasteiger partial charge in [-0.05, 0) is 48.0 Å². The number of nitrogens with one attached hydrogen (secondary N) is 2. The maximum atomic E-state index is 12.7. The Bertz CT molecular complexity index is 751. The highest BCUT2D eigenvalue weighted by molar-refractivity contribution is 7.80. The third kappa shape index (κ3) is 6.38. The van der Waals surface area contributed by atoms with Crippen LogP contribution >= 0.6 is 35.4 Å². The average Bonchev–Trinajstić information content (AvgIpc) is 2.55. The van der Waals surface area contributed by atoms with Gasteiger partial charge in [-0.25, -0.2) is 0 Å². The number of benzene rings is 2.